The van der Waals surface area contributed by atoms with E-state index < -0.39 is 0 Å². The fourth-order valence-electron chi connectivity index (χ4n) is 1.76. The summed E-state index contributed by atoms with van der Waals surface area (Å²) in [5.74, 6) is 1.10. The Kier molecular flexibility index (Phi) is 3.27. The summed E-state index contributed by atoms with van der Waals surface area (Å²) in [7, 11) is 0. The van der Waals surface area contributed by atoms with Gasteiger partial charge in [0, 0.05) is 12.5 Å². The van der Waals surface area contributed by atoms with E-state index in [1.807, 2.05) is 31.2 Å². The van der Waals surface area contributed by atoms with E-state index in [-0.39, 0.29) is 12.5 Å². The molecule has 2 nitrogen and oxygen atoms in total. The van der Waals surface area contributed by atoms with Gasteiger partial charge in [0.05, 0.1) is 6.10 Å². The van der Waals surface area contributed by atoms with Gasteiger partial charge in [-0.05, 0) is 30.9 Å². The van der Waals surface area contributed by atoms with Crippen LogP contribution in [0.25, 0.3) is 0 Å². The topological polar surface area (TPSA) is 29.5 Å². The molecule has 1 fully saturated rings. The lowest BCUT2D eigenvalue weighted by molar-refractivity contribution is 0.118. The van der Waals surface area contributed by atoms with Gasteiger partial charge in [0.1, 0.15) is 5.75 Å². The van der Waals surface area contributed by atoms with Crippen molar-refractivity contribution < 1.29 is 9.84 Å². The molecule has 0 amide bonds. The minimum Gasteiger partial charge on any atom is -0.490 e. The van der Waals surface area contributed by atoms with Crippen molar-refractivity contribution in [3.8, 4) is 5.75 Å². The molecule has 1 aromatic rings. The molecule has 1 aromatic carbocycles. The van der Waals surface area contributed by atoms with E-state index in [4.69, 9.17) is 9.84 Å². The summed E-state index contributed by atoms with van der Waals surface area (Å²) in [5.41, 5.74) is 1.12. The van der Waals surface area contributed by atoms with Gasteiger partial charge in [-0.25, -0.2) is 0 Å². The summed E-state index contributed by atoms with van der Waals surface area (Å²) in [6.07, 6.45) is 4.02. The highest BCUT2D eigenvalue weighted by Crippen LogP contribution is 2.31. The van der Waals surface area contributed by atoms with Gasteiger partial charge in [0.15, 0.2) is 0 Å². The van der Waals surface area contributed by atoms with E-state index in [0.717, 1.165) is 11.3 Å². The monoisotopic (exact) mass is 206 g/mol. The van der Waals surface area contributed by atoms with Crippen molar-refractivity contribution in [2.45, 2.75) is 38.2 Å². The van der Waals surface area contributed by atoms with Crippen LogP contribution in [-0.4, -0.2) is 17.8 Å². The number of aliphatic hydroxyl groups is 1. The van der Waals surface area contributed by atoms with Crippen LogP contribution in [-0.2, 0) is 0 Å². The van der Waals surface area contributed by atoms with Crippen LogP contribution in [0, 0.1) is 0 Å². The summed E-state index contributed by atoms with van der Waals surface area (Å²) >= 11 is 0. The molecular formula is C13H18O2. The molecule has 0 radical (unpaired) electrons. The van der Waals surface area contributed by atoms with E-state index >= 15 is 0 Å². The molecule has 1 N–H and O–H groups in total. The van der Waals surface area contributed by atoms with Crippen molar-refractivity contribution in [3.05, 3.63) is 29.8 Å². The Bertz CT molecular complexity index is 318. The molecule has 0 spiro atoms. The summed E-state index contributed by atoms with van der Waals surface area (Å²) in [5, 5.41) is 9.16. The van der Waals surface area contributed by atoms with Gasteiger partial charge in [-0.3, -0.25) is 0 Å². The van der Waals surface area contributed by atoms with Crippen molar-refractivity contribution in [3.63, 3.8) is 0 Å². The highest BCUT2D eigenvalue weighted by atomic mass is 16.5. The molecule has 82 valence electrons. The lowest BCUT2D eigenvalue weighted by atomic mass is 9.95. The van der Waals surface area contributed by atoms with Gasteiger partial charge in [-0.1, -0.05) is 25.1 Å². The van der Waals surface area contributed by atoms with Gasteiger partial charge >= 0.3 is 0 Å². The summed E-state index contributed by atoms with van der Waals surface area (Å²) in [6.45, 7) is 2.19. The number of hydrogen-bond acceptors (Lipinski definition) is 2. The Morgan fingerprint density at radius 2 is 2.13 bits per heavy atom. The number of benzene rings is 1. The molecule has 0 aromatic heterocycles. The van der Waals surface area contributed by atoms with Gasteiger partial charge < -0.3 is 9.84 Å². The second kappa shape index (κ2) is 4.67. The molecule has 1 unspecified atom stereocenters. The first-order valence-corrected chi connectivity index (χ1v) is 5.67. The third-order valence-corrected chi connectivity index (χ3v) is 3.07. The Labute approximate surface area is 90.9 Å². The highest BCUT2D eigenvalue weighted by molar-refractivity contribution is 5.36. The van der Waals surface area contributed by atoms with Crippen molar-refractivity contribution >= 4 is 0 Å². The van der Waals surface area contributed by atoms with E-state index in [0.29, 0.717) is 6.10 Å². The zero-order valence-corrected chi connectivity index (χ0v) is 9.15. The second-order valence-corrected chi connectivity index (χ2v) is 4.29. The normalized spacial score (nSPS) is 18.3. The zero-order chi connectivity index (χ0) is 10.7. The minimum atomic E-state index is 0.154. The Balaban J connectivity index is 2.13. The summed E-state index contributed by atoms with van der Waals surface area (Å²) in [4.78, 5) is 0. The maximum Gasteiger partial charge on any atom is 0.123 e. The van der Waals surface area contributed by atoms with Crippen LogP contribution in [0.2, 0.25) is 0 Å². The average molecular weight is 206 g/mol. The Hall–Kier alpha value is -1.02. The van der Waals surface area contributed by atoms with Gasteiger partial charge in [0.25, 0.3) is 0 Å². The predicted molar refractivity (Wildman–Crippen MR) is 60.2 cm³/mol. The Morgan fingerprint density at radius 3 is 2.73 bits per heavy atom. The van der Waals surface area contributed by atoms with Crippen LogP contribution in [0.1, 0.15) is 37.7 Å². The molecular weight excluding hydrogens is 188 g/mol. The third-order valence-electron chi connectivity index (χ3n) is 3.07. The summed E-state index contributed by atoms with van der Waals surface area (Å²) in [6, 6.07) is 8.02. The van der Waals surface area contributed by atoms with E-state index in [1.165, 1.54) is 19.3 Å². The summed E-state index contributed by atoms with van der Waals surface area (Å²) < 4.78 is 5.89. The largest absolute Gasteiger partial charge is 0.490 e. The quantitative estimate of drug-likeness (QED) is 0.820. The van der Waals surface area contributed by atoms with Crippen LogP contribution in [0.15, 0.2) is 24.3 Å². The van der Waals surface area contributed by atoms with Crippen LogP contribution in [0.4, 0.5) is 0 Å². The molecule has 1 aliphatic carbocycles. The van der Waals surface area contributed by atoms with Crippen molar-refractivity contribution in [2.24, 2.45) is 0 Å². The molecule has 2 heteroatoms. The van der Waals surface area contributed by atoms with Gasteiger partial charge in [-0.15, -0.1) is 0 Å². The van der Waals surface area contributed by atoms with Crippen LogP contribution in [0.3, 0.4) is 0 Å². The standard InChI is InChI=1S/C13H18O2/c1-10(9-14)12-7-2-3-8-13(12)15-11-5-4-6-11/h2-3,7-8,10-11,14H,4-6,9H2,1H3. The Morgan fingerprint density at radius 1 is 1.40 bits per heavy atom. The average Bonchev–Trinajstić information content (AvgIpc) is 2.23. The number of ether oxygens (including phenoxy) is 1. The number of para-hydroxylation sites is 1. The first-order valence-electron chi connectivity index (χ1n) is 5.67. The van der Waals surface area contributed by atoms with E-state index in [2.05, 4.69) is 0 Å². The highest BCUT2D eigenvalue weighted by Gasteiger charge is 2.21. The molecule has 0 saturated heterocycles. The molecule has 2 rings (SSSR count). The first-order chi connectivity index (χ1) is 7.31. The lowest BCUT2D eigenvalue weighted by Crippen LogP contribution is -2.25. The number of aliphatic hydroxyl groups excluding tert-OH is 1. The van der Waals surface area contributed by atoms with Crippen LogP contribution in [0.5, 0.6) is 5.75 Å². The first kappa shape index (κ1) is 10.5. The number of rotatable bonds is 4. The molecule has 0 bridgehead atoms. The smallest absolute Gasteiger partial charge is 0.123 e. The SMILES string of the molecule is CC(CO)c1ccccc1OC1CCC1. The van der Waals surface area contributed by atoms with Gasteiger partial charge in [0.2, 0.25) is 0 Å². The van der Waals surface area contributed by atoms with Crippen LogP contribution < -0.4 is 4.74 Å². The van der Waals surface area contributed by atoms with Crippen LogP contribution >= 0.6 is 0 Å². The maximum atomic E-state index is 9.16. The number of hydrogen-bond donors (Lipinski definition) is 1. The fourth-order valence-corrected chi connectivity index (χ4v) is 1.76. The maximum absolute atomic E-state index is 9.16. The second-order valence-electron chi connectivity index (χ2n) is 4.29. The molecule has 0 heterocycles. The zero-order valence-electron chi connectivity index (χ0n) is 9.15. The third kappa shape index (κ3) is 2.32. The van der Waals surface area contributed by atoms with E-state index in [9.17, 15) is 0 Å². The molecule has 1 aliphatic rings. The molecule has 1 saturated carbocycles. The predicted octanol–water partition coefficient (Wildman–Crippen LogP) is 2.71. The molecule has 1 atom stereocenters. The molecule has 0 aliphatic heterocycles. The minimum absolute atomic E-state index is 0.154. The van der Waals surface area contributed by atoms with Crippen molar-refractivity contribution in [2.75, 3.05) is 6.61 Å². The van der Waals surface area contributed by atoms with Crippen molar-refractivity contribution in [1.29, 1.82) is 0 Å². The molecule has 15 heavy (non-hydrogen) atoms. The van der Waals surface area contributed by atoms with Crippen molar-refractivity contribution in [1.82, 2.24) is 0 Å². The van der Waals surface area contributed by atoms with E-state index in [1.54, 1.807) is 0 Å². The van der Waals surface area contributed by atoms with Gasteiger partial charge in [-0.2, -0.15) is 0 Å². The fraction of sp³-hybridized carbons (Fsp3) is 0.538. The lowest BCUT2D eigenvalue weighted by Gasteiger charge is -2.28.